The van der Waals surface area contributed by atoms with Crippen molar-refractivity contribution in [2.45, 2.75) is 40.7 Å². The van der Waals surface area contributed by atoms with E-state index in [0.717, 1.165) is 16.0 Å². The molecule has 1 N–H and O–H groups in total. The molecule has 0 aliphatic heterocycles. The van der Waals surface area contributed by atoms with Gasteiger partial charge in [0, 0.05) is 9.90 Å². The number of ether oxygens (including phenoxy) is 2. The van der Waals surface area contributed by atoms with E-state index in [0.29, 0.717) is 21.3 Å². The number of esters is 1. The monoisotopic (exact) mass is 395 g/mol. The molecule has 1 amide bonds. The molecule has 1 aromatic heterocycles. The van der Waals surface area contributed by atoms with Crippen LogP contribution in [0.4, 0.5) is 5.00 Å². The summed E-state index contributed by atoms with van der Waals surface area (Å²) in [5.41, 5.74) is 2.08. The Bertz CT molecular complexity index is 831. The van der Waals surface area contributed by atoms with E-state index in [1.807, 2.05) is 20.8 Å². The molecule has 0 radical (unpaired) electrons. The van der Waals surface area contributed by atoms with Gasteiger partial charge in [-0.25, -0.2) is 4.79 Å². The van der Waals surface area contributed by atoms with Gasteiger partial charge in [0.2, 0.25) is 0 Å². The lowest BCUT2D eigenvalue weighted by Gasteiger charge is -2.15. The van der Waals surface area contributed by atoms with Gasteiger partial charge in [0.1, 0.15) is 10.8 Å². The van der Waals surface area contributed by atoms with Crippen molar-refractivity contribution in [3.05, 3.63) is 44.8 Å². The molecule has 0 spiro atoms. The molecule has 2 aromatic rings. The van der Waals surface area contributed by atoms with Gasteiger partial charge in [0.25, 0.3) is 5.91 Å². The van der Waals surface area contributed by atoms with Crippen LogP contribution in [0.2, 0.25) is 5.02 Å². The lowest BCUT2D eigenvalue weighted by molar-refractivity contribution is -0.122. The second-order valence-electron chi connectivity index (χ2n) is 5.87. The molecule has 5 nitrogen and oxygen atoms in total. The molecule has 0 fully saturated rings. The van der Waals surface area contributed by atoms with Crippen molar-refractivity contribution in [1.29, 1.82) is 0 Å². The van der Waals surface area contributed by atoms with Crippen LogP contribution >= 0.6 is 22.9 Å². The molecular formula is C19H22ClNO4S. The van der Waals surface area contributed by atoms with Crippen molar-refractivity contribution >= 4 is 39.8 Å². The summed E-state index contributed by atoms with van der Waals surface area (Å²) in [7, 11) is 0. The van der Waals surface area contributed by atoms with Crippen molar-refractivity contribution in [2.75, 3.05) is 11.9 Å². The van der Waals surface area contributed by atoms with Crippen LogP contribution in [0.1, 0.15) is 40.2 Å². The number of hydrogen-bond acceptors (Lipinski definition) is 5. The van der Waals surface area contributed by atoms with E-state index < -0.39 is 12.1 Å². The molecule has 0 unspecified atom stereocenters. The van der Waals surface area contributed by atoms with Crippen LogP contribution in [-0.4, -0.2) is 24.6 Å². The highest BCUT2D eigenvalue weighted by Crippen LogP contribution is 2.33. The molecule has 26 heavy (non-hydrogen) atoms. The fourth-order valence-electron chi connectivity index (χ4n) is 2.33. The molecule has 0 aliphatic rings. The Hall–Kier alpha value is -2.05. The van der Waals surface area contributed by atoms with Crippen molar-refractivity contribution in [3.8, 4) is 5.75 Å². The first-order chi connectivity index (χ1) is 12.2. The number of aryl methyl sites for hydroxylation is 2. The zero-order valence-electron chi connectivity index (χ0n) is 15.4. The maximum absolute atomic E-state index is 12.5. The summed E-state index contributed by atoms with van der Waals surface area (Å²) in [6.07, 6.45) is -0.742. The number of nitrogens with one attached hydrogen (secondary N) is 1. The Kier molecular flexibility index (Phi) is 6.67. The number of anilines is 1. The predicted octanol–water partition coefficient (Wildman–Crippen LogP) is 4.91. The highest BCUT2D eigenvalue weighted by Gasteiger charge is 2.24. The quantitative estimate of drug-likeness (QED) is 0.706. The summed E-state index contributed by atoms with van der Waals surface area (Å²) in [4.78, 5) is 25.7. The van der Waals surface area contributed by atoms with E-state index in [4.69, 9.17) is 21.1 Å². The highest BCUT2D eigenvalue weighted by atomic mass is 35.5. The third kappa shape index (κ3) is 4.56. The number of halogens is 1. The Morgan fingerprint density at radius 2 is 1.96 bits per heavy atom. The van der Waals surface area contributed by atoms with Crippen LogP contribution in [0.15, 0.2) is 18.2 Å². The number of carbonyl (C=O) groups is 2. The van der Waals surface area contributed by atoms with E-state index in [-0.39, 0.29) is 12.5 Å². The molecule has 0 saturated carbocycles. The summed E-state index contributed by atoms with van der Waals surface area (Å²) in [5, 5.41) is 3.90. The average Bonchev–Trinajstić information content (AvgIpc) is 2.85. The Morgan fingerprint density at radius 1 is 1.27 bits per heavy atom. The SMILES string of the molecule is CCOC(=O)c1c(NC(=O)[C@H](C)Oc2ccc(Cl)c(C)c2)sc(C)c1C. The van der Waals surface area contributed by atoms with Gasteiger partial charge in [-0.2, -0.15) is 0 Å². The molecule has 2 rings (SSSR count). The molecule has 0 saturated heterocycles. The van der Waals surface area contributed by atoms with Crippen LogP contribution in [0.3, 0.4) is 0 Å². The van der Waals surface area contributed by atoms with Crippen LogP contribution in [0, 0.1) is 20.8 Å². The first-order valence-electron chi connectivity index (χ1n) is 8.25. The fraction of sp³-hybridized carbons (Fsp3) is 0.368. The zero-order valence-corrected chi connectivity index (χ0v) is 17.0. The van der Waals surface area contributed by atoms with Crippen molar-refractivity contribution in [1.82, 2.24) is 0 Å². The summed E-state index contributed by atoms with van der Waals surface area (Å²) in [6, 6.07) is 5.21. The maximum atomic E-state index is 12.5. The number of benzene rings is 1. The lowest BCUT2D eigenvalue weighted by Crippen LogP contribution is -2.30. The predicted molar refractivity (Wildman–Crippen MR) is 105 cm³/mol. The van der Waals surface area contributed by atoms with Crippen molar-refractivity contribution < 1.29 is 19.1 Å². The fourth-order valence-corrected chi connectivity index (χ4v) is 3.49. The summed E-state index contributed by atoms with van der Waals surface area (Å²) >= 11 is 7.35. The third-order valence-corrected chi connectivity index (χ3v) is 5.46. The minimum Gasteiger partial charge on any atom is -0.481 e. The minimum absolute atomic E-state index is 0.274. The van der Waals surface area contributed by atoms with Crippen molar-refractivity contribution in [3.63, 3.8) is 0 Å². The average molecular weight is 396 g/mol. The van der Waals surface area contributed by atoms with E-state index in [9.17, 15) is 9.59 Å². The number of amides is 1. The lowest BCUT2D eigenvalue weighted by atomic mass is 10.1. The standard InChI is InChI=1S/C19H22ClNO4S/c1-6-24-19(23)16-11(3)13(5)26-18(16)21-17(22)12(4)25-14-7-8-15(20)10(2)9-14/h7-9,12H,6H2,1-5H3,(H,21,22)/t12-/m0/s1. The Balaban J connectivity index is 2.15. The van der Waals surface area contributed by atoms with Crippen LogP contribution < -0.4 is 10.1 Å². The molecule has 1 aromatic carbocycles. The van der Waals surface area contributed by atoms with Gasteiger partial charge in [0.05, 0.1) is 12.2 Å². The summed E-state index contributed by atoms with van der Waals surface area (Å²) in [6.45, 7) is 9.27. The third-order valence-electron chi connectivity index (χ3n) is 3.91. The van der Waals surface area contributed by atoms with Crippen LogP contribution in [0.25, 0.3) is 0 Å². The second-order valence-corrected chi connectivity index (χ2v) is 7.50. The molecule has 1 atom stereocenters. The van der Waals surface area contributed by atoms with E-state index in [1.165, 1.54) is 11.3 Å². The van der Waals surface area contributed by atoms with Gasteiger partial charge in [-0.05, 0) is 63.9 Å². The van der Waals surface area contributed by atoms with Crippen LogP contribution in [-0.2, 0) is 9.53 Å². The van der Waals surface area contributed by atoms with Gasteiger partial charge >= 0.3 is 5.97 Å². The van der Waals surface area contributed by atoms with E-state index >= 15 is 0 Å². The Morgan fingerprint density at radius 3 is 2.58 bits per heavy atom. The normalized spacial score (nSPS) is 11.8. The number of thiophene rings is 1. The topological polar surface area (TPSA) is 64.6 Å². The highest BCUT2D eigenvalue weighted by molar-refractivity contribution is 7.16. The number of hydrogen-bond donors (Lipinski definition) is 1. The van der Waals surface area contributed by atoms with E-state index in [2.05, 4.69) is 5.32 Å². The molecule has 1 heterocycles. The number of carbonyl (C=O) groups excluding carboxylic acids is 2. The first kappa shape index (κ1) is 20.3. The van der Waals surface area contributed by atoms with Crippen LogP contribution in [0.5, 0.6) is 5.75 Å². The van der Waals surface area contributed by atoms with Gasteiger partial charge in [-0.1, -0.05) is 11.6 Å². The van der Waals surface area contributed by atoms with Gasteiger partial charge < -0.3 is 14.8 Å². The molecular weight excluding hydrogens is 374 g/mol. The van der Waals surface area contributed by atoms with E-state index in [1.54, 1.807) is 32.0 Å². The van der Waals surface area contributed by atoms with Crippen molar-refractivity contribution in [2.24, 2.45) is 0 Å². The number of rotatable bonds is 6. The van der Waals surface area contributed by atoms with Gasteiger partial charge in [-0.3, -0.25) is 4.79 Å². The summed E-state index contributed by atoms with van der Waals surface area (Å²) in [5.74, 6) is -0.227. The minimum atomic E-state index is -0.742. The smallest absolute Gasteiger partial charge is 0.341 e. The maximum Gasteiger partial charge on any atom is 0.341 e. The molecule has 0 bridgehead atoms. The molecule has 140 valence electrons. The largest absolute Gasteiger partial charge is 0.481 e. The Labute approximate surface area is 162 Å². The summed E-state index contributed by atoms with van der Waals surface area (Å²) < 4.78 is 10.8. The zero-order chi connectivity index (χ0) is 19.4. The van der Waals surface area contributed by atoms with Gasteiger partial charge in [0.15, 0.2) is 6.10 Å². The first-order valence-corrected chi connectivity index (χ1v) is 9.44. The molecule has 0 aliphatic carbocycles. The molecule has 7 heteroatoms. The van der Waals surface area contributed by atoms with Gasteiger partial charge in [-0.15, -0.1) is 11.3 Å². The second kappa shape index (κ2) is 8.56.